The molecule has 0 unspecified atom stereocenters. The Kier molecular flexibility index (Phi) is 13.4. The highest BCUT2D eigenvalue weighted by atomic mass is 28.4. The summed E-state index contributed by atoms with van der Waals surface area (Å²) in [5.41, 5.74) is 0.786. The van der Waals surface area contributed by atoms with E-state index in [2.05, 4.69) is 6.58 Å². The number of carbonyl (C=O) groups is 2. The van der Waals surface area contributed by atoms with Gasteiger partial charge in [0.05, 0.1) is 6.61 Å². The van der Waals surface area contributed by atoms with Crippen LogP contribution in [0.25, 0.3) is 0 Å². The number of carboxylic acids is 1. The van der Waals surface area contributed by atoms with Gasteiger partial charge in [0.1, 0.15) is 0 Å². The van der Waals surface area contributed by atoms with Crippen LogP contribution < -0.4 is 0 Å². The molecule has 0 atom stereocenters. The fourth-order valence-corrected chi connectivity index (χ4v) is 2.95. The van der Waals surface area contributed by atoms with Crippen molar-refractivity contribution >= 4 is 20.7 Å². The molecular formula is C15H28O7Si. The van der Waals surface area contributed by atoms with Crippen LogP contribution in [0, 0.1) is 0 Å². The van der Waals surface area contributed by atoms with E-state index in [1.54, 1.807) is 48.2 Å². The van der Waals surface area contributed by atoms with Crippen molar-refractivity contribution in [3.8, 4) is 0 Å². The summed E-state index contributed by atoms with van der Waals surface area (Å²) in [6.07, 6.45) is 2.20. The highest BCUT2D eigenvalue weighted by Crippen LogP contribution is 2.14. The lowest BCUT2D eigenvalue weighted by molar-refractivity contribution is -0.139. The summed E-state index contributed by atoms with van der Waals surface area (Å²) in [6.45, 7) is 8.67. The Labute approximate surface area is 139 Å². The molecule has 0 radical (unpaired) electrons. The first-order valence-electron chi connectivity index (χ1n) is 7.03. The summed E-state index contributed by atoms with van der Waals surface area (Å²) >= 11 is 0. The molecule has 0 heterocycles. The van der Waals surface area contributed by atoms with Gasteiger partial charge in [0.25, 0.3) is 0 Å². The quantitative estimate of drug-likeness (QED) is 0.296. The van der Waals surface area contributed by atoms with Crippen molar-refractivity contribution in [3.63, 3.8) is 0 Å². The lowest BCUT2D eigenvalue weighted by atomic mass is 10.3. The molecule has 0 spiro atoms. The molecule has 0 aromatic rings. The van der Waals surface area contributed by atoms with Gasteiger partial charge >= 0.3 is 20.7 Å². The molecule has 0 aliphatic heterocycles. The van der Waals surface area contributed by atoms with E-state index in [1.165, 1.54) is 0 Å². The van der Waals surface area contributed by atoms with Crippen LogP contribution in [-0.2, 0) is 27.6 Å². The zero-order valence-corrected chi connectivity index (χ0v) is 15.8. The topological polar surface area (TPSA) is 91.3 Å². The van der Waals surface area contributed by atoms with E-state index in [0.717, 1.165) is 0 Å². The summed E-state index contributed by atoms with van der Waals surface area (Å²) in [5.74, 6) is -1.22. The normalized spacial score (nSPS) is 11.3. The first-order valence-corrected chi connectivity index (χ1v) is 8.97. The molecule has 0 aromatic carbocycles. The second kappa shape index (κ2) is 13.0. The van der Waals surface area contributed by atoms with Crippen molar-refractivity contribution < 1.29 is 32.7 Å². The summed E-state index contributed by atoms with van der Waals surface area (Å²) < 4.78 is 20.6. The number of allylic oxidation sites excluding steroid dienone is 1. The van der Waals surface area contributed by atoms with Crippen LogP contribution in [0.5, 0.6) is 0 Å². The van der Waals surface area contributed by atoms with Crippen LogP contribution in [-0.4, -0.2) is 53.8 Å². The van der Waals surface area contributed by atoms with E-state index in [-0.39, 0.29) is 5.97 Å². The third-order valence-corrected chi connectivity index (χ3v) is 5.74. The Balaban J connectivity index is 0. The van der Waals surface area contributed by atoms with Crippen molar-refractivity contribution in [2.45, 2.75) is 33.2 Å². The van der Waals surface area contributed by atoms with Crippen LogP contribution in [0.2, 0.25) is 6.04 Å². The molecule has 0 aromatic heterocycles. The minimum atomic E-state index is -2.53. The summed E-state index contributed by atoms with van der Waals surface area (Å²) in [7, 11) is 2.13. The van der Waals surface area contributed by atoms with E-state index in [1.807, 2.05) is 0 Å². The van der Waals surface area contributed by atoms with Crippen molar-refractivity contribution in [2.75, 3.05) is 27.9 Å². The predicted octanol–water partition coefficient (Wildman–Crippen LogP) is 2.41. The highest BCUT2D eigenvalue weighted by Gasteiger charge is 2.36. The molecule has 0 fully saturated rings. The Hall–Kier alpha value is -1.48. The first kappa shape index (κ1) is 23.8. The predicted molar refractivity (Wildman–Crippen MR) is 89.0 cm³/mol. The van der Waals surface area contributed by atoms with Gasteiger partial charge in [-0.15, -0.1) is 0 Å². The molecular weight excluding hydrogens is 320 g/mol. The van der Waals surface area contributed by atoms with Crippen LogP contribution in [0.15, 0.2) is 23.8 Å². The highest BCUT2D eigenvalue weighted by molar-refractivity contribution is 6.60. The average molecular weight is 348 g/mol. The second-order valence-corrected chi connectivity index (χ2v) is 7.68. The molecule has 0 saturated heterocycles. The number of carboxylic acid groups (broad SMARTS) is 1. The molecule has 0 amide bonds. The van der Waals surface area contributed by atoms with Crippen molar-refractivity contribution in [1.29, 1.82) is 0 Å². The van der Waals surface area contributed by atoms with Gasteiger partial charge < -0.3 is 23.1 Å². The van der Waals surface area contributed by atoms with E-state index >= 15 is 0 Å². The average Bonchev–Trinajstić information content (AvgIpc) is 2.55. The van der Waals surface area contributed by atoms with Crippen LogP contribution in [0.3, 0.4) is 0 Å². The van der Waals surface area contributed by atoms with Crippen molar-refractivity contribution in [2.24, 2.45) is 0 Å². The summed E-state index contributed by atoms with van der Waals surface area (Å²) in [6, 6.07) is 0.611. The minimum Gasteiger partial charge on any atom is -0.478 e. The van der Waals surface area contributed by atoms with Gasteiger partial charge in [-0.2, -0.15) is 0 Å². The third kappa shape index (κ3) is 10.8. The molecule has 8 heteroatoms. The second-order valence-electron chi connectivity index (χ2n) is 4.59. The maximum atomic E-state index is 11.1. The van der Waals surface area contributed by atoms with E-state index in [9.17, 15) is 9.59 Å². The number of carbonyl (C=O) groups excluding carboxylic acids is 1. The monoisotopic (exact) mass is 348 g/mol. The molecule has 23 heavy (non-hydrogen) atoms. The summed E-state index contributed by atoms with van der Waals surface area (Å²) in [5, 5.41) is 8.11. The molecule has 0 rings (SSSR count). The Bertz CT molecular complexity index is 406. The van der Waals surface area contributed by atoms with Gasteiger partial charge in [0.15, 0.2) is 0 Å². The van der Waals surface area contributed by atoms with Gasteiger partial charge in [-0.3, -0.25) is 0 Å². The third-order valence-electron chi connectivity index (χ3n) is 2.91. The fourth-order valence-electron chi connectivity index (χ4n) is 1.26. The number of esters is 1. The molecule has 7 nitrogen and oxygen atoms in total. The van der Waals surface area contributed by atoms with Crippen molar-refractivity contribution in [1.82, 2.24) is 0 Å². The van der Waals surface area contributed by atoms with Gasteiger partial charge in [-0.05, 0) is 27.2 Å². The molecule has 0 saturated carbocycles. The van der Waals surface area contributed by atoms with Crippen LogP contribution >= 0.6 is 0 Å². The lowest BCUT2D eigenvalue weighted by Gasteiger charge is -2.24. The lowest BCUT2D eigenvalue weighted by Crippen LogP contribution is -2.42. The Morgan fingerprint density at radius 1 is 1.13 bits per heavy atom. The van der Waals surface area contributed by atoms with Gasteiger partial charge in [-0.1, -0.05) is 12.7 Å². The zero-order chi connectivity index (χ0) is 18.5. The SMILES string of the molecule is C=C(C)C(=O)OCCC[Si](OC)(OC)OC.CC=C(C)C(=O)O. The maximum absolute atomic E-state index is 11.1. The molecule has 0 bridgehead atoms. The minimum absolute atomic E-state index is 0.316. The van der Waals surface area contributed by atoms with Crippen molar-refractivity contribution in [3.05, 3.63) is 23.8 Å². The molecule has 1 N–H and O–H groups in total. The molecule has 0 aliphatic rings. The van der Waals surface area contributed by atoms with Crippen LogP contribution in [0.1, 0.15) is 27.2 Å². The number of ether oxygens (including phenoxy) is 1. The van der Waals surface area contributed by atoms with E-state index in [0.29, 0.717) is 30.2 Å². The maximum Gasteiger partial charge on any atom is 0.500 e. The van der Waals surface area contributed by atoms with Gasteiger partial charge in [-0.25, -0.2) is 9.59 Å². The number of rotatable bonds is 9. The van der Waals surface area contributed by atoms with E-state index in [4.69, 9.17) is 23.1 Å². The number of hydrogen-bond acceptors (Lipinski definition) is 6. The number of aliphatic carboxylic acids is 1. The molecule has 134 valence electrons. The summed E-state index contributed by atoms with van der Waals surface area (Å²) in [4.78, 5) is 20.9. The largest absolute Gasteiger partial charge is 0.500 e. The standard InChI is InChI=1S/C10H20O5Si.C5H8O2/c1-9(2)10(11)15-7-6-8-16(12-3,13-4)14-5;1-3-4(2)5(6)7/h1,6-8H2,2-5H3;3H,1-2H3,(H,6,7). The first-order chi connectivity index (χ1) is 10.7. The number of hydrogen-bond donors (Lipinski definition) is 1. The smallest absolute Gasteiger partial charge is 0.478 e. The Morgan fingerprint density at radius 3 is 1.87 bits per heavy atom. The van der Waals surface area contributed by atoms with Gasteiger partial charge in [0.2, 0.25) is 0 Å². The van der Waals surface area contributed by atoms with Gasteiger partial charge in [0, 0.05) is 38.5 Å². The van der Waals surface area contributed by atoms with E-state index < -0.39 is 14.8 Å². The van der Waals surface area contributed by atoms with Crippen LogP contribution in [0.4, 0.5) is 0 Å². The molecule has 0 aliphatic carbocycles. The Morgan fingerprint density at radius 2 is 1.61 bits per heavy atom. The fraction of sp³-hybridized carbons (Fsp3) is 0.600. The zero-order valence-electron chi connectivity index (χ0n) is 14.8.